The molecule has 2 N–H and O–H groups in total. The maximum atomic E-state index is 5.60. The van der Waals surface area contributed by atoms with Gasteiger partial charge in [-0.3, -0.25) is 5.14 Å². The Morgan fingerprint density at radius 2 is 1.41 bits per heavy atom. The average molecular weight is 278 g/mol. The molecule has 0 amide bonds. The summed E-state index contributed by atoms with van der Waals surface area (Å²) in [6.07, 6.45) is 0. The quantitative estimate of drug-likeness (QED) is 0.545. The van der Waals surface area contributed by atoms with Crippen molar-refractivity contribution < 1.29 is 9.47 Å². The van der Waals surface area contributed by atoms with Gasteiger partial charge in [0, 0.05) is 26.2 Å². The summed E-state index contributed by atoms with van der Waals surface area (Å²) in [7, 11) is 0. The fourth-order valence-corrected chi connectivity index (χ4v) is 2.50. The van der Waals surface area contributed by atoms with Crippen molar-refractivity contribution in [3.05, 3.63) is 0 Å². The van der Waals surface area contributed by atoms with E-state index in [9.17, 15) is 0 Å². The van der Waals surface area contributed by atoms with Crippen molar-refractivity contribution in [2.45, 2.75) is 0 Å². The van der Waals surface area contributed by atoms with Crippen LogP contribution < -0.4 is 5.14 Å². The minimum absolute atomic E-state index is 0.675. The number of rotatable bonds is 2. The number of nitrogens with two attached hydrogens (primary N) is 1. The molecule has 6 nitrogen and oxygen atoms in total. The van der Waals surface area contributed by atoms with Crippen LogP contribution in [-0.4, -0.2) is 72.1 Å². The number of ether oxygens (including phenoxy) is 2. The molecule has 0 aliphatic carbocycles. The second-order valence-electron chi connectivity index (χ2n) is 3.81. The van der Waals surface area contributed by atoms with Crippen molar-refractivity contribution in [2.24, 2.45) is 5.14 Å². The Morgan fingerprint density at radius 3 is 1.76 bits per heavy atom. The number of nitrogens with zero attached hydrogens (tertiary/aromatic N) is 3. The van der Waals surface area contributed by atoms with Crippen molar-refractivity contribution in [1.29, 1.82) is 0 Å². The standard InChI is InChI=1S/C9H18N4O2S2/c10-17-9(16)13(11-1-5-14-6-2-11)12-3-7-15-8-4-12/h1-8,10H2. The molecule has 0 radical (unpaired) electrons. The van der Waals surface area contributed by atoms with E-state index >= 15 is 0 Å². The van der Waals surface area contributed by atoms with Crippen LogP contribution in [0.3, 0.4) is 0 Å². The minimum atomic E-state index is 0.675. The molecule has 2 aliphatic heterocycles. The number of hydrogen-bond acceptors (Lipinski definition) is 7. The Labute approximate surface area is 111 Å². The highest BCUT2D eigenvalue weighted by Crippen LogP contribution is 2.14. The van der Waals surface area contributed by atoms with Crippen molar-refractivity contribution >= 4 is 28.5 Å². The van der Waals surface area contributed by atoms with Gasteiger partial charge in [-0.1, -0.05) is 0 Å². The molecule has 0 unspecified atom stereocenters. The number of thiocarbonyl (C=S) groups is 1. The summed E-state index contributed by atoms with van der Waals surface area (Å²) in [5.41, 5.74) is 0. The second kappa shape index (κ2) is 6.83. The topological polar surface area (TPSA) is 54.2 Å². The van der Waals surface area contributed by atoms with E-state index in [0.717, 1.165) is 64.6 Å². The summed E-state index contributed by atoms with van der Waals surface area (Å²) in [5.74, 6) is 0. The fourth-order valence-electron chi connectivity index (χ4n) is 1.94. The molecule has 17 heavy (non-hydrogen) atoms. The first kappa shape index (κ1) is 13.5. The fraction of sp³-hybridized carbons (Fsp3) is 0.889. The molecule has 0 aromatic rings. The van der Waals surface area contributed by atoms with Crippen LogP contribution in [0.1, 0.15) is 0 Å². The van der Waals surface area contributed by atoms with Gasteiger partial charge in [0.05, 0.1) is 26.4 Å². The maximum absolute atomic E-state index is 5.60. The van der Waals surface area contributed by atoms with Crippen LogP contribution in [0.5, 0.6) is 0 Å². The SMILES string of the molecule is NSC(=S)N(N1CCOCC1)N1CCOCC1. The molecule has 0 aromatic carbocycles. The van der Waals surface area contributed by atoms with Crippen molar-refractivity contribution in [2.75, 3.05) is 52.6 Å². The maximum Gasteiger partial charge on any atom is 0.181 e. The number of morpholine rings is 2. The molecule has 0 spiro atoms. The zero-order valence-corrected chi connectivity index (χ0v) is 11.3. The van der Waals surface area contributed by atoms with Gasteiger partial charge in [0.25, 0.3) is 0 Å². The highest BCUT2D eigenvalue weighted by molar-refractivity contribution is 8.21. The van der Waals surface area contributed by atoms with Crippen LogP contribution in [0.4, 0.5) is 0 Å². The van der Waals surface area contributed by atoms with Crippen LogP contribution >= 0.6 is 24.2 Å². The highest BCUT2D eigenvalue weighted by Gasteiger charge is 2.27. The lowest BCUT2D eigenvalue weighted by atomic mass is 10.5. The Bertz CT molecular complexity index is 239. The van der Waals surface area contributed by atoms with Crippen molar-refractivity contribution in [3.8, 4) is 0 Å². The van der Waals surface area contributed by atoms with E-state index in [1.54, 1.807) is 0 Å². The predicted molar refractivity (Wildman–Crippen MR) is 71.0 cm³/mol. The van der Waals surface area contributed by atoms with E-state index in [1.165, 1.54) is 0 Å². The smallest absolute Gasteiger partial charge is 0.181 e. The van der Waals surface area contributed by atoms with Crippen LogP contribution in [0, 0.1) is 0 Å². The molecular formula is C9H18N4O2S2. The molecular weight excluding hydrogens is 260 g/mol. The van der Waals surface area contributed by atoms with Gasteiger partial charge in [-0.2, -0.15) is 10.0 Å². The van der Waals surface area contributed by atoms with Crippen molar-refractivity contribution in [1.82, 2.24) is 15.1 Å². The summed E-state index contributed by atoms with van der Waals surface area (Å²) >= 11 is 6.45. The first-order chi connectivity index (χ1) is 8.33. The summed E-state index contributed by atoms with van der Waals surface area (Å²) in [6, 6.07) is 0. The van der Waals surface area contributed by atoms with E-state index in [-0.39, 0.29) is 0 Å². The summed E-state index contributed by atoms with van der Waals surface area (Å²) in [4.78, 5) is 0. The van der Waals surface area contributed by atoms with Gasteiger partial charge >= 0.3 is 0 Å². The van der Waals surface area contributed by atoms with Gasteiger partial charge in [-0.05, 0) is 24.2 Å². The first-order valence-electron chi connectivity index (χ1n) is 5.69. The average Bonchev–Trinajstić information content (AvgIpc) is 2.41. The summed E-state index contributed by atoms with van der Waals surface area (Å²) in [5, 5.41) is 12.0. The van der Waals surface area contributed by atoms with Gasteiger partial charge in [0.2, 0.25) is 0 Å². The zero-order chi connectivity index (χ0) is 12.1. The summed E-state index contributed by atoms with van der Waals surface area (Å²) in [6.45, 7) is 6.32. The molecule has 0 atom stereocenters. The van der Waals surface area contributed by atoms with Gasteiger partial charge < -0.3 is 9.47 Å². The molecule has 0 saturated carbocycles. The number of hydrogen-bond donors (Lipinski definition) is 1. The first-order valence-corrected chi connectivity index (χ1v) is 6.98. The van der Waals surface area contributed by atoms with Gasteiger partial charge in [-0.25, -0.2) is 5.12 Å². The Balaban J connectivity index is 2.02. The van der Waals surface area contributed by atoms with Crippen molar-refractivity contribution in [3.63, 3.8) is 0 Å². The molecule has 2 heterocycles. The highest BCUT2D eigenvalue weighted by atomic mass is 32.2. The molecule has 8 heteroatoms. The lowest BCUT2D eigenvalue weighted by molar-refractivity contribution is -0.176. The molecule has 2 aliphatic rings. The van der Waals surface area contributed by atoms with Crippen LogP contribution in [-0.2, 0) is 9.47 Å². The van der Waals surface area contributed by atoms with Gasteiger partial charge in [-0.15, -0.1) is 0 Å². The van der Waals surface area contributed by atoms with Crippen LogP contribution in [0.15, 0.2) is 0 Å². The van der Waals surface area contributed by atoms with E-state index in [4.69, 9.17) is 26.8 Å². The van der Waals surface area contributed by atoms with Crippen LogP contribution in [0.25, 0.3) is 0 Å². The molecule has 0 aromatic heterocycles. The van der Waals surface area contributed by atoms with Crippen LogP contribution in [0.2, 0.25) is 0 Å². The third kappa shape index (κ3) is 3.50. The largest absolute Gasteiger partial charge is 0.379 e. The third-order valence-corrected chi connectivity index (χ3v) is 3.59. The lowest BCUT2D eigenvalue weighted by Crippen LogP contribution is -2.60. The Kier molecular flexibility index (Phi) is 5.42. The zero-order valence-electron chi connectivity index (χ0n) is 9.71. The second-order valence-corrected chi connectivity index (χ2v) is 5.07. The lowest BCUT2D eigenvalue weighted by Gasteiger charge is -2.45. The number of hydrazine groups is 2. The third-order valence-electron chi connectivity index (χ3n) is 2.77. The monoisotopic (exact) mass is 278 g/mol. The van der Waals surface area contributed by atoms with Gasteiger partial charge in [0.15, 0.2) is 4.32 Å². The van der Waals surface area contributed by atoms with E-state index in [1.807, 2.05) is 5.12 Å². The normalized spacial score (nSPS) is 23.6. The minimum Gasteiger partial charge on any atom is -0.379 e. The summed E-state index contributed by atoms with van der Waals surface area (Å²) < 4.78 is 11.4. The van der Waals surface area contributed by atoms with E-state index < -0.39 is 0 Å². The Morgan fingerprint density at radius 1 is 1.00 bits per heavy atom. The Hall–Kier alpha value is 0.0400. The molecule has 0 bridgehead atoms. The molecule has 98 valence electrons. The molecule has 2 saturated heterocycles. The molecule has 2 fully saturated rings. The van der Waals surface area contributed by atoms with E-state index in [0.29, 0.717) is 4.32 Å². The van der Waals surface area contributed by atoms with Gasteiger partial charge in [0.1, 0.15) is 0 Å². The predicted octanol–water partition coefficient (Wildman–Crippen LogP) is -0.325. The molecule has 2 rings (SSSR count). The van der Waals surface area contributed by atoms with E-state index in [2.05, 4.69) is 10.0 Å².